The molecule has 2 aromatic rings. The minimum atomic E-state index is -0.0749. The largest absolute Gasteiger partial charge is 0.508 e. The highest BCUT2D eigenvalue weighted by atomic mass is 16.3. The summed E-state index contributed by atoms with van der Waals surface area (Å²) in [6, 6.07) is 11.3. The molecule has 1 amide bonds. The molecular formula is C19H17NO2. The first-order valence-corrected chi connectivity index (χ1v) is 7.69. The summed E-state index contributed by atoms with van der Waals surface area (Å²) in [5, 5.41) is 12.9. The molecule has 0 saturated carbocycles. The van der Waals surface area contributed by atoms with Gasteiger partial charge in [-0.1, -0.05) is 18.2 Å². The molecule has 1 aliphatic carbocycles. The van der Waals surface area contributed by atoms with Crippen molar-refractivity contribution in [1.29, 1.82) is 0 Å². The Morgan fingerprint density at radius 2 is 1.91 bits per heavy atom. The van der Waals surface area contributed by atoms with Gasteiger partial charge in [0.15, 0.2) is 0 Å². The highest BCUT2D eigenvalue weighted by Gasteiger charge is 2.24. The highest BCUT2D eigenvalue weighted by Crippen LogP contribution is 2.35. The van der Waals surface area contributed by atoms with Gasteiger partial charge in [-0.3, -0.25) is 4.79 Å². The van der Waals surface area contributed by atoms with Gasteiger partial charge in [0.2, 0.25) is 0 Å². The van der Waals surface area contributed by atoms with Crippen molar-refractivity contribution in [3.8, 4) is 5.75 Å². The molecule has 0 atom stereocenters. The maximum atomic E-state index is 12.2. The van der Waals surface area contributed by atoms with Crippen molar-refractivity contribution in [3.63, 3.8) is 0 Å². The van der Waals surface area contributed by atoms with Gasteiger partial charge < -0.3 is 10.4 Å². The van der Waals surface area contributed by atoms with Crippen molar-refractivity contribution in [1.82, 2.24) is 0 Å². The third-order valence-electron chi connectivity index (χ3n) is 4.49. The van der Waals surface area contributed by atoms with Crippen LogP contribution in [0.3, 0.4) is 0 Å². The van der Waals surface area contributed by atoms with Crippen LogP contribution < -0.4 is 5.32 Å². The van der Waals surface area contributed by atoms with E-state index >= 15 is 0 Å². The number of carbonyl (C=O) groups is 1. The summed E-state index contributed by atoms with van der Waals surface area (Å²) in [5.41, 5.74) is 5.91. The molecule has 0 spiro atoms. The van der Waals surface area contributed by atoms with Crippen LogP contribution in [0.25, 0.3) is 11.6 Å². The summed E-state index contributed by atoms with van der Waals surface area (Å²) in [4.78, 5) is 12.2. The first kappa shape index (κ1) is 13.1. The quantitative estimate of drug-likeness (QED) is 0.786. The number of aryl methyl sites for hydroxylation is 1. The highest BCUT2D eigenvalue weighted by molar-refractivity contribution is 6.34. The number of amides is 1. The SMILES string of the molecule is O=C1Nc2ccccc2C1=Cc1cc(O)cc2c1CCCC2. The summed E-state index contributed by atoms with van der Waals surface area (Å²) in [5.74, 6) is 0.202. The summed E-state index contributed by atoms with van der Waals surface area (Å²) in [6.45, 7) is 0. The Kier molecular flexibility index (Phi) is 3.00. The third-order valence-corrected chi connectivity index (χ3v) is 4.49. The number of phenolic OH excluding ortho intramolecular Hbond substituents is 1. The lowest BCUT2D eigenvalue weighted by Gasteiger charge is -2.18. The number of hydrogen-bond donors (Lipinski definition) is 2. The van der Waals surface area contributed by atoms with Gasteiger partial charge in [-0.25, -0.2) is 0 Å². The summed E-state index contributed by atoms with van der Waals surface area (Å²) in [7, 11) is 0. The van der Waals surface area contributed by atoms with Crippen molar-refractivity contribution in [2.75, 3.05) is 5.32 Å². The van der Waals surface area contributed by atoms with Gasteiger partial charge in [-0.15, -0.1) is 0 Å². The molecule has 4 rings (SSSR count). The second-order valence-corrected chi connectivity index (χ2v) is 5.94. The number of rotatable bonds is 1. The number of anilines is 1. The molecule has 1 aliphatic heterocycles. The van der Waals surface area contributed by atoms with Gasteiger partial charge in [-0.2, -0.15) is 0 Å². The number of benzene rings is 2. The Labute approximate surface area is 129 Å². The summed E-state index contributed by atoms with van der Waals surface area (Å²) < 4.78 is 0. The minimum Gasteiger partial charge on any atom is -0.508 e. The fourth-order valence-corrected chi connectivity index (χ4v) is 3.45. The number of aromatic hydroxyl groups is 1. The number of hydrogen-bond acceptors (Lipinski definition) is 2. The number of para-hydroxylation sites is 1. The lowest BCUT2D eigenvalue weighted by Crippen LogP contribution is -2.06. The molecule has 22 heavy (non-hydrogen) atoms. The minimum absolute atomic E-state index is 0.0749. The zero-order valence-corrected chi connectivity index (χ0v) is 12.2. The van der Waals surface area contributed by atoms with Crippen LogP contribution in [0.4, 0.5) is 5.69 Å². The first-order valence-electron chi connectivity index (χ1n) is 7.69. The second kappa shape index (κ2) is 5.02. The Hall–Kier alpha value is -2.55. The van der Waals surface area contributed by atoms with Gasteiger partial charge in [0.05, 0.1) is 0 Å². The standard InChI is InChI=1S/C19H17NO2/c21-14-9-12-5-1-2-6-15(12)13(10-14)11-17-16-7-3-4-8-18(16)20-19(17)22/h3-4,7-11,21H,1-2,5-6H2,(H,20,22). The molecule has 0 aromatic heterocycles. The van der Waals surface area contributed by atoms with E-state index in [2.05, 4.69) is 5.32 Å². The maximum Gasteiger partial charge on any atom is 0.256 e. The van der Waals surface area contributed by atoms with Crippen molar-refractivity contribution in [2.45, 2.75) is 25.7 Å². The molecule has 1 heterocycles. The van der Waals surface area contributed by atoms with Crippen molar-refractivity contribution in [3.05, 3.63) is 58.7 Å². The predicted octanol–water partition coefficient (Wildman–Crippen LogP) is 3.76. The zero-order valence-electron chi connectivity index (χ0n) is 12.2. The molecular weight excluding hydrogens is 274 g/mol. The molecule has 2 aromatic carbocycles. The Morgan fingerprint density at radius 1 is 1.09 bits per heavy atom. The third kappa shape index (κ3) is 2.10. The Morgan fingerprint density at radius 3 is 2.82 bits per heavy atom. The van der Waals surface area contributed by atoms with Crippen LogP contribution in [0.5, 0.6) is 5.75 Å². The van der Waals surface area contributed by atoms with E-state index in [0.29, 0.717) is 5.57 Å². The van der Waals surface area contributed by atoms with Gasteiger partial charge in [0.25, 0.3) is 5.91 Å². The zero-order chi connectivity index (χ0) is 15.1. The summed E-state index contributed by atoms with van der Waals surface area (Å²) >= 11 is 0. The van der Waals surface area contributed by atoms with E-state index in [1.54, 1.807) is 6.07 Å². The predicted molar refractivity (Wildman–Crippen MR) is 87.7 cm³/mol. The van der Waals surface area contributed by atoms with E-state index < -0.39 is 0 Å². The van der Waals surface area contributed by atoms with E-state index in [-0.39, 0.29) is 11.7 Å². The molecule has 0 radical (unpaired) electrons. The van der Waals surface area contributed by atoms with Crippen LogP contribution in [-0.4, -0.2) is 11.0 Å². The van der Waals surface area contributed by atoms with E-state index in [4.69, 9.17) is 0 Å². The smallest absolute Gasteiger partial charge is 0.256 e. The average molecular weight is 291 g/mol. The van der Waals surface area contributed by atoms with Crippen LogP contribution in [0.1, 0.15) is 35.1 Å². The van der Waals surface area contributed by atoms with Crippen LogP contribution in [0, 0.1) is 0 Å². The normalized spacial score (nSPS) is 18.0. The molecule has 3 nitrogen and oxygen atoms in total. The molecule has 0 bridgehead atoms. The van der Waals surface area contributed by atoms with Crippen LogP contribution in [-0.2, 0) is 17.6 Å². The lowest BCUT2D eigenvalue weighted by molar-refractivity contribution is -0.110. The second-order valence-electron chi connectivity index (χ2n) is 5.94. The monoisotopic (exact) mass is 291 g/mol. The number of carbonyl (C=O) groups excluding carboxylic acids is 1. The maximum absolute atomic E-state index is 12.2. The van der Waals surface area contributed by atoms with Crippen molar-refractivity contribution in [2.24, 2.45) is 0 Å². The summed E-state index contributed by atoms with van der Waals surface area (Å²) in [6.07, 6.45) is 6.26. The van der Waals surface area contributed by atoms with Crippen molar-refractivity contribution >= 4 is 23.2 Å². The van der Waals surface area contributed by atoms with Gasteiger partial charge in [0.1, 0.15) is 5.75 Å². The number of nitrogens with one attached hydrogen (secondary N) is 1. The lowest BCUT2D eigenvalue weighted by atomic mass is 9.87. The fraction of sp³-hybridized carbons (Fsp3) is 0.211. The molecule has 2 aliphatic rings. The van der Waals surface area contributed by atoms with Gasteiger partial charge >= 0.3 is 0 Å². The fourth-order valence-electron chi connectivity index (χ4n) is 3.45. The van der Waals surface area contributed by atoms with E-state index in [1.165, 1.54) is 11.1 Å². The molecule has 110 valence electrons. The van der Waals surface area contributed by atoms with Crippen LogP contribution in [0.2, 0.25) is 0 Å². The van der Waals surface area contributed by atoms with Crippen LogP contribution >= 0.6 is 0 Å². The van der Waals surface area contributed by atoms with Gasteiger partial charge in [0, 0.05) is 16.8 Å². The molecule has 0 unspecified atom stereocenters. The van der Waals surface area contributed by atoms with Gasteiger partial charge in [-0.05, 0) is 66.6 Å². The number of fused-ring (bicyclic) bond motifs is 2. The number of phenols is 1. The van der Waals surface area contributed by atoms with E-state index in [9.17, 15) is 9.90 Å². The Bertz CT molecular complexity index is 805. The van der Waals surface area contributed by atoms with Crippen LogP contribution in [0.15, 0.2) is 36.4 Å². The van der Waals surface area contributed by atoms with E-state index in [0.717, 1.165) is 42.5 Å². The topological polar surface area (TPSA) is 49.3 Å². The average Bonchev–Trinajstić information content (AvgIpc) is 2.83. The van der Waals surface area contributed by atoms with E-state index in [1.807, 2.05) is 36.4 Å². The van der Waals surface area contributed by atoms with Crippen molar-refractivity contribution < 1.29 is 9.90 Å². The molecule has 0 fully saturated rings. The molecule has 3 heteroatoms. The first-order chi connectivity index (χ1) is 10.7. The Balaban J connectivity index is 1.87. The molecule has 2 N–H and O–H groups in total. The molecule has 0 saturated heterocycles.